The van der Waals surface area contributed by atoms with E-state index in [0.717, 1.165) is 12.1 Å². The van der Waals surface area contributed by atoms with E-state index in [0.29, 0.717) is 35.7 Å². The summed E-state index contributed by atoms with van der Waals surface area (Å²) in [5.74, 6) is -0.635. The largest absolute Gasteiger partial charge is 2.00 e. The van der Waals surface area contributed by atoms with Crippen molar-refractivity contribution in [3.63, 3.8) is 0 Å². The normalized spacial score (nSPS) is 8.38. The number of aromatic nitrogens is 4. The summed E-state index contributed by atoms with van der Waals surface area (Å²) in [6, 6.07) is 2.14. The molecule has 32 heavy (non-hydrogen) atoms. The Balaban J connectivity index is -0.0000000889. The second-order valence-electron chi connectivity index (χ2n) is 5.18. The summed E-state index contributed by atoms with van der Waals surface area (Å²) in [5.41, 5.74) is -0.635. The molecular weight excluding hydrogens is 511 g/mol. The van der Waals surface area contributed by atoms with Crippen LogP contribution in [0.5, 0.6) is 11.8 Å². The van der Waals surface area contributed by atoms with Gasteiger partial charge in [0.2, 0.25) is 0 Å². The Labute approximate surface area is 205 Å². The minimum atomic E-state index is -0.317. The van der Waals surface area contributed by atoms with Gasteiger partial charge in [-0.2, -0.15) is 0 Å². The minimum Gasteiger partial charge on any atom is -0.860 e. The molecule has 14 N–H and O–H groups in total. The molecule has 0 spiro atoms. The molecule has 0 bridgehead atoms. The van der Waals surface area contributed by atoms with Crippen molar-refractivity contribution in [2.24, 2.45) is 0 Å². The molecule has 2 heterocycles. The van der Waals surface area contributed by atoms with Crippen molar-refractivity contribution in [1.82, 2.24) is 18.3 Å². The Morgan fingerprint density at radius 1 is 0.656 bits per heavy atom. The number of nitrogens with zero attached hydrogens (tertiary/aromatic N) is 4. The molecule has 189 valence electrons. The molecule has 0 unspecified atom stereocenters. The van der Waals surface area contributed by atoms with Crippen LogP contribution in [0.25, 0.3) is 0 Å². The van der Waals surface area contributed by atoms with Crippen LogP contribution in [-0.2, 0) is 65.2 Å². The van der Waals surface area contributed by atoms with E-state index in [1.54, 1.807) is 0 Å². The van der Waals surface area contributed by atoms with E-state index in [4.69, 9.17) is 24.4 Å². The van der Waals surface area contributed by atoms with E-state index in [2.05, 4.69) is 0 Å². The van der Waals surface area contributed by atoms with Crippen molar-refractivity contribution >= 4 is 24.4 Å². The van der Waals surface area contributed by atoms with E-state index in [-0.39, 0.29) is 67.3 Å². The summed E-state index contributed by atoms with van der Waals surface area (Å²) in [7, 11) is 0. The third-order valence-electron chi connectivity index (χ3n) is 3.75. The van der Waals surface area contributed by atoms with Crippen LogP contribution >= 0.6 is 24.4 Å². The topological polar surface area (TPSA) is 263 Å². The van der Waals surface area contributed by atoms with Crippen LogP contribution in [0.15, 0.2) is 21.7 Å². The van der Waals surface area contributed by atoms with Crippen LogP contribution in [0.3, 0.4) is 0 Å². The van der Waals surface area contributed by atoms with Crippen LogP contribution in [0.1, 0.15) is 27.7 Å². The quantitative estimate of drug-likeness (QED) is 0.212. The average molecular weight is 548 g/mol. The van der Waals surface area contributed by atoms with Crippen LogP contribution in [0, 0.1) is 9.54 Å². The summed E-state index contributed by atoms with van der Waals surface area (Å²) in [5, 5.41) is 22.5. The molecular formula is C16H36MnN4O9S2+4. The maximum Gasteiger partial charge on any atom is 2.00 e. The van der Waals surface area contributed by atoms with Gasteiger partial charge < -0.3 is 46.7 Å². The molecule has 2 rings (SSSR count). The van der Waals surface area contributed by atoms with Gasteiger partial charge in [-0.15, -0.1) is 0 Å². The van der Waals surface area contributed by atoms with Crippen LogP contribution in [0.2, 0.25) is 0 Å². The van der Waals surface area contributed by atoms with Crippen LogP contribution in [0.4, 0.5) is 0 Å². The van der Waals surface area contributed by atoms with Crippen molar-refractivity contribution in [2.45, 2.75) is 53.9 Å². The van der Waals surface area contributed by atoms with Gasteiger partial charge in [0, 0.05) is 38.3 Å². The third kappa shape index (κ3) is 9.72. The minimum absolute atomic E-state index is 0. The zero-order valence-corrected chi connectivity index (χ0v) is 21.2. The van der Waals surface area contributed by atoms with Crippen LogP contribution in [-0.4, -0.2) is 23.7 Å². The third-order valence-corrected chi connectivity index (χ3v) is 4.63. The summed E-state index contributed by atoms with van der Waals surface area (Å²) < 4.78 is 6.23. The molecule has 2 aromatic heterocycles. The summed E-state index contributed by atoms with van der Waals surface area (Å²) in [4.78, 5) is 22.5. The summed E-state index contributed by atoms with van der Waals surface area (Å²) >= 11 is 9.98. The molecule has 13 nitrogen and oxygen atoms in total. The van der Waals surface area contributed by atoms with E-state index in [1.165, 1.54) is 18.3 Å². The zero-order chi connectivity index (χ0) is 20.0. The van der Waals surface area contributed by atoms with Crippen molar-refractivity contribution in [3.8, 4) is 11.8 Å². The van der Waals surface area contributed by atoms with Crippen molar-refractivity contribution < 1.29 is 54.7 Å². The molecule has 1 radical (unpaired) electrons. The number of rotatable bonds is 4. The van der Waals surface area contributed by atoms with Gasteiger partial charge in [-0.25, -0.2) is 0 Å². The maximum absolute atomic E-state index is 11.2. The molecule has 0 atom stereocenters. The summed E-state index contributed by atoms with van der Waals surface area (Å²) in [6.07, 6.45) is 0. The Kier molecular flexibility index (Phi) is 27.1. The Morgan fingerprint density at radius 3 is 1.06 bits per heavy atom. The van der Waals surface area contributed by atoms with E-state index in [1.807, 2.05) is 27.7 Å². The molecule has 0 saturated heterocycles. The Hall–Kier alpha value is -1.88. The van der Waals surface area contributed by atoms with E-state index < -0.39 is 0 Å². The molecule has 0 saturated carbocycles. The Morgan fingerprint density at radius 2 is 0.875 bits per heavy atom. The van der Waals surface area contributed by atoms with E-state index >= 15 is 0 Å². The molecule has 0 aliphatic carbocycles. The predicted octanol–water partition coefficient (Wildman–Crippen LogP) is -3.53. The van der Waals surface area contributed by atoms with Gasteiger partial charge in [0.1, 0.15) is 0 Å². The molecule has 0 fully saturated rings. The van der Waals surface area contributed by atoms with Crippen molar-refractivity contribution in [2.75, 3.05) is 0 Å². The first-order valence-corrected chi connectivity index (χ1v) is 9.08. The average Bonchev–Trinajstić information content (AvgIpc) is 2.56. The van der Waals surface area contributed by atoms with Crippen molar-refractivity contribution in [3.05, 3.63) is 42.4 Å². The fourth-order valence-corrected chi connectivity index (χ4v) is 3.23. The fourth-order valence-electron chi connectivity index (χ4n) is 2.36. The van der Waals surface area contributed by atoms with Gasteiger partial charge in [0.15, 0.2) is 9.54 Å². The Bertz CT molecular complexity index is 937. The predicted molar refractivity (Wildman–Crippen MR) is 124 cm³/mol. The number of hydrogen-bond donors (Lipinski definition) is 0. The molecule has 0 amide bonds. The van der Waals surface area contributed by atoms with Gasteiger partial charge in [-0.3, -0.25) is 18.7 Å². The van der Waals surface area contributed by atoms with Crippen molar-refractivity contribution in [1.29, 1.82) is 0 Å². The van der Waals surface area contributed by atoms with Gasteiger partial charge in [-0.05, 0) is 63.9 Å². The monoisotopic (exact) mass is 547 g/mol. The molecule has 0 aliphatic heterocycles. The summed E-state index contributed by atoms with van der Waals surface area (Å²) in [6.45, 7) is 9.28. The van der Waals surface area contributed by atoms with Crippen LogP contribution < -0.4 is 21.3 Å². The zero-order valence-electron chi connectivity index (χ0n) is 18.4. The van der Waals surface area contributed by atoms with Gasteiger partial charge in [0.05, 0.1) is 0 Å². The standard InChI is InChI=1S/2C8H12N2O2S.Mn.5H2O/c2*1-3-9-6(11)5-7(12)10(4-2)8(9)13;;;;;;/h2*5,11H,3-4H2,1-2H3;;5*1H2/q;;+2;;;;;/p+2. The van der Waals surface area contributed by atoms with E-state index in [9.17, 15) is 19.8 Å². The first kappa shape index (κ1) is 43.9. The second-order valence-corrected chi connectivity index (χ2v) is 5.91. The molecule has 0 aliphatic rings. The molecule has 16 heteroatoms. The number of hydrogen-bond acceptors (Lipinski definition) is 6. The SMILES string of the molecule is CCn1c([O-])cc(=O)n(CC)c1=S.CCn1c([O-])cc(=O)n(CC)c1=S.O.[Mn+2].[OH3+].[OH3+].[OH3+].[OH3+]. The first-order chi connectivity index (χ1) is 12.2. The van der Waals surface area contributed by atoms with Gasteiger partial charge >= 0.3 is 17.1 Å². The first-order valence-electron chi connectivity index (χ1n) is 8.26. The second kappa shape index (κ2) is 19.8. The smallest absolute Gasteiger partial charge is 0.860 e. The molecule has 2 aromatic rings. The van der Waals surface area contributed by atoms with Gasteiger partial charge in [0.25, 0.3) is 11.1 Å². The maximum atomic E-state index is 11.2. The fraction of sp³-hybridized carbons (Fsp3) is 0.500. The van der Waals surface area contributed by atoms with Gasteiger partial charge in [-0.1, -0.05) is 0 Å². The molecule has 0 aromatic carbocycles.